The van der Waals surface area contributed by atoms with Crippen LogP contribution in [0.5, 0.6) is 0 Å². The topological polar surface area (TPSA) is 27.0 Å². The second-order valence-electron chi connectivity index (χ2n) is 4.79. The molecule has 0 heterocycles. The zero-order valence-electron chi connectivity index (χ0n) is 11.8. The Bertz CT molecular complexity index is 635. The summed E-state index contributed by atoms with van der Waals surface area (Å²) in [7, 11) is 1.97. The van der Waals surface area contributed by atoms with E-state index in [0.29, 0.717) is 16.5 Å². The van der Waals surface area contributed by atoms with Gasteiger partial charge in [-0.2, -0.15) is 5.26 Å². The molecule has 0 fully saturated rings. The Hall–Kier alpha value is -1.69. The monoisotopic (exact) mass is 318 g/mol. The quantitative estimate of drug-likeness (QED) is 0.724. The highest BCUT2D eigenvalue weighted by molar-refractivity contribution is 6.30. The molecule has 0 saturated carbocycles. The van der Waals surface area contributed by atoms with Crippen molar-refractivity contribution < 1.29 is 0 Å². The first kappa shape index (κ1) is 15.7. The fraction of sp³-hybridized carbons (Fsp3) is 0.235. The molecule has 2 aromatic rings. The molecule has 21 heavy (non-hydrogen) atoms. The van der Waals surface area contributed by atoms with Gasteiger partial charge in [-0.05, 0) is 30.2 Å². The summed E-state index contributed by atoms with van der Waals surface area (Å²) in [4.78, 5) is 2.07. The van der Waals surface area contributed by atoms with Gasteiger partial charge in [0.1, 0.15) is 6.07 Å². The van der Waals surface area contributed by atoms with Crippen LogP contribution in [0.4, 0.5) is 5.69 Å². The van der Waals surface area contributed by atoms with E-state index in [1.807, 2.05) is 31.3 Å². The van der Waals surface area contributed by atoms with E-state index < -0.39 is 0 Å². The Morgan fingerprint density at radius 1 is 1.19 bits per heavy atom. The van der Waals surface area contributed by atoms with E-state index in [9.17, 15) is 5.26 Å². The van der Waals surface area contributed by atoms with Gasteiger partial charge in [-0.25, -0.2) is 0 Å². The molecule has 0 aromatic heterocycles. The number of alkyl halides is 1. The van der Waals surface area contributed by atoms with Gasteiger partial charge in [-0.15, -0.1) is 11.6 Å². The molecule has 1 unspecified atom stereocenters. The van der Waals surface area contributed by atoms with E-state index in [4.69, 9.17) is 23.2 Å². The van der Waals surface area contributed by atoms with Crippen LogP contribution in [0.3, 0.4) is 0 Å². The second kappa shape index (κ2) is 7.36. The molecule has 2 aromatic carbocycles. The number of hydrogen-bond donors (Lipinski definition) is 0. The molecule has 2 rings (SSSR count). The molecule has 4 heteroatoms. The molecule has 0 radical (unpaired) electrons. The number of benzene rings is 2. The lowest BCUT2D eigenvalue weighted by Gasteiger charge is -2.31. The van der Waals surface area contributed by atoms with Gasteiger partial charge in [0.15, 0.2) is 0 Å². The molecular weight excluding hydrogens is 303 g/mol. The highest BCUT2D eigenvalue weighted by Crippen LogP contribution is 2.32. The maximum absolute atomic E-state index is 9.29. The van der Waals surface area contributed by atoms with Crippen molar-refractivity contribution in [2.75, 3.05) is 17.8 Å². The first-order valence-corrected chi connectivity index (χ1v) is 7.62. The van der Waals surface area contributed by atoms with Gasteiger partial charge < -0.3 is 4.90 Å². The molecule has 0 aliphatic rings. The number of halogens is 2. The van der Waals surface area contributed by atoms with Crippen LogP contribution >= 0.6 is 23.2 Å². The van der Waals surface area contributed by atoms with E-state index in [1.54, 1.807) is 12.1 Å². The van der Waals surface area contributed by atoms with Crippen LogP contribution in [0.2, 0.25) is 5.02 Å². The Balaban J connectivity index is 2.42. The van der Waals surface area contributed by atoms with Crippen molar-refractivity contribution in [1.82, 2.24) is 0 Å². The minimum atomic E-state index is 0.106. The lowest BCUT2D eigenvalue weighted by molar-refractivity contribution is 0.651. The van der Waals surface area contributed by atoms with Crippen molar-refractivity contribution in [3.8, 4) is 6.07 Å². The SMILES string of the molecule is CN(c1cc(Cl)ccc1C#N)C(CCCl)c1ccccc1. The van der Waals surface area contributed by atoms with Gasteiger partial charge in [0.2, 0.25) is 0 Å². The van der Waals surface area contributed by atoms with E-state index in [0.717, 1.165) is 12.1 Å². The average molecular weight is 319 g/mol. The lowest BCUT2D eigenvalue weighted by Crippen LogP contribution is -2.25. The number of rotatable bonds is 5. The summed E-state index contributed by atoms with van der Waals surface area (Å²) in [5, 5.41) is 9.91. The second-order valence-corrected chi connectivity index (χ2v) is 5.60. The average Bonchev–Trinajstić information content (AvgIpc) is 2.52. The molecule has 0 amide bonds. The number of nitriles is 1. The molecule has 2 nitrogen and oxygen atoms in total. The molecular formula is C17H16Cl2N2. The van der Waals surface area contributed by atoms with E-state index >= 15 is 0 Å². The van der Waals surface area contributed by atoms with Crippen LogP contribution in [0.1, 0.15) is 23.6 Å². The predicted octanol–water partition coefficient (Wildman–Crippen LogP) is 5.02. The molecule has 0 aliphatic heterocycles. The molecule has 0 saturated heterocycles. The molecule has 0 N–H and O–H groups in total. The molecule has 0 aliphatic carbocycles. The third-order valence-corrected chi connectivity index (χ3v) is 3.95. The summed E-state index contributed by atoms with van der Waals surface area (Å²) in [6.07, 6.45) is 0.791. The van der Waals surface area contributed by atoms with Crippen molar-refractivity contribution in [3.63, 3.8) is 0 Å². The highest BCUT2D eigenvalue weighted by Gasteiger charge is 2.19. The first-order valence-electron chi connectivity index (χ1n) is 6.70. The molecule has 1 atom stereocenters. The Morgan fingerprint density at radius 3 is 2.52 bits per heavy atom. The summed E-state index contributed by atoms with van der Waals surface area (Å²) in [6.45, 7) is 0. The van der Waals surface area contributed by atoms with Gasteiger partial charge in [0, 0.05) is 18.0 Å². The summed E-state index contributed by atoms with van der Waals surface area (Å²) in [5.74, 6) is 0.548. The number of anilines is 1. The zero-order valence-corrected chi connectivity index (χ0v) is 13.3. The van der Waals surface area contributed by atoms with Crippen LogP contribution in [0, 0.1) is 11.3 Å². The summed E-state index contributed by atoms with van der Waals surface area (Å²) in [6, 6.07) is 17.8. The van der Waals surface area contributed by atoms with Gasteiger partial charge in [-0.3, -0.25) is 0 Å². The molecule has 108 valence electrons. The number of nitrogens with zero attached hydrogens (tertiary/aromatic N) is 2. The van der Waals surface area contributed by atoms with E-state index in [-0.39, 0.29) is 6.04 Å². The molecule has 0 spiro atoms. The Morgan fingerprint density at radius 2 is 1.90 bits per heavy atom. The first-order chi connectivity index (χ1) is 10.2. The van der Waals surface area contributed by atoms with Crippen molar-refractivity contribution in [3.05, 3.63) is 64.7 Å². The zero-order chi connectivity index (χ0) is 15.2. The number of hydrogen-bond acceptors (Lipinski definition) is 2. The van der Waals surface area contributed by atoms with Crippen molar-refractivity contribution in [2.45, 2.75) is 12.5 Å². The third kappa shape index (κ3) is 3.69. The van der Waals surface area contributed by atoms with Gasteiger partial charge >= 0.3 is 0 Å². The minimum absolute atomic E-state index is 0.106. The van der Waals surface area contributed by atoms with Gasteiger partial charge in [0.25, 0.3) is 0 Å². The fourth-order valence-corrected chi connectivity index (χ4v) is 2.79. The summed E-state index contributed by atoms with van der Waals surface area (Å²) < 4.78 is 0. The predicted molar refractivity (Wildman–Crippen MR) is 89.1 cm³/mol. The molecule has 0 bridgehead atoms. The Labute approximate surface area is 135 Å². The van der Waals surface area contributed by atoms with Crippen LogP contribution in [0.15, 0.2) is 48.5 Å². The summed E-state index contributed by atoms with van der Waals surface area (Å²) >= 11 is 12.0. The largest absolute Gasteiger partial charge is 0.366 e. The lowest BCUT2D eigenvalue weighted by atomic mass is 10.0. The summed E-state index contributed by atoms with van der Waals surface area (Å²) in [5.41, 5.74) is 2.60. The standard InChI is InChI=1S/C17H16Cl2N2/c1-21(17-11-15(19)8-7-14(17)12-20)16(9-10-18)13-5-3-2-4-6-13/h2-8,11,16H,9-10H2,1H3. The van der Waals surface area contributed by atoms with Crippen molar-refractivity contribution in [1.29, 1.82) is 5.26 Å². The van der Waals surface area contributed by atoms with Crippen LogP contribution in [-0.4, -0.2) is 12.9 Å². The van der Waals surface area contributed by atoms with Crippen molar-refractivity contribution in [2.24, 2.45) is 0 Å². The fourth-order valence-electron chi connectivity index (χ4n) is 2.42. The Kier molecular flexibility index (Phi) is 5.50. The van der Waals surface area contributed by atoms with E-state index in [2.05, 4.69) is 23.1 Å². The maximum Gasteiger partial charge on any atom is 0.101 e. The van der Waals surface area contributed by atoms with Crippen LogP contribution in [-0.2, 0) is 0 Å². The van der Waals surface area contributed by atoms with Crippen LogP contribution in [0.25, 0.3) is 0 Å². The third-order valence-electron chi connectivity index (χ3n) is 3.49. The normalized spacial score (nSPS) is 11.7. The van der Waals surface area contributed by atoms with Crippen LogP contribution < -0.4 is 4.90 Å². The maximum atomic E-state index is 9.29. The smallest absolute Gasteiger partial charge is 0.101 e. The highest BCUT2D eigenvalue weighted by atomic mass is 35.5. The van der Waals surface area contributed by atoms with E-state index in [1.165, 1.54) is 5.56 Å². The van der Waals surface area contributed by atoms with Crippen molar-refractivity contribution >= 4 is 28.9 Å². The minimum Gasteiger partial charge on any atom is -0.366 e. The van der Waals surface area contributed by atoms with Gasteiger partial charge in [-0.1, -0.05) is 41.9 Å². The van der Waals surface area contributed by atoms with Gasteiger partial charge in [0.05, 0.1) is 17.3 Å².